The minimum Gasteiger partial charge on any atom is -0.494 e. The monoisotopic (exact) mass is 379 g/mol. The summed E-state index contributed by atoms with van der Waals surface area (Å²) in [7, 11) is 0. The summed E-state index contributed by atoms with van der Waals surface area (Å²) in [5, 5.41) is 2.85. The van der Waals surface area contributed by atoms with Crippen LogP contribution in [0, 0.1) is 0 Å². The van der Waals surface area contributed by atoms with Crippen molar-refractivity contribution in [1.29, 1.82) is 0 Å². The van der Waals surface area contributed by atoms with Gasteiger partial charge < -0.3 is 15.0 Å². The van der Waals surface area contributed by atoms with Gasteiger partial charge in [-0.05, 0) is 54.3 Å². The summed E-state index contributed by atoms with van der Waals surface area (Å²) >= 11 is 0. The van der Waals surface area contributed by atoms with E-state index < -0.39 is 0 Å². The number of nitrogens with one attached hydrogen (secondary N) is 1. The summed E-state index contributed by atoms with van der Waals surface area (Å²) in [4.78, 5) is 16.4. The largest absolute Gasteiger partial charge is 0.494 e. The second-order valence-electron chi connectivity index (χ2n) is 7.59. The minimum absolute atomic E-state index is 0.0626. The molecule has 148 valence electrons. The van der Waals surface area contributed by atoms with Crippen molar-refractivity contribution in [1.82, 2.24) is 4.90 Å². The van der Waals surface area contributed by atoms with Gasteiger partial charge in [-0.2, -0.15) is 0 Å². The van der Waals surface area contributed by atoms with Gasteiger partial charge in [0.1, 0.15) is 5.75 Å². The highest BCUT2D eigenvalue weighted by Gasteiger charge is 2.18. The summed E-state index contributed by atoms with van der Waals surface area (Å²) in [6, 6.07) is 14.8. The van der Waals surface area contributed by atoms with Crippen LogP contribution in [0.3, 0.4) is 0 Å². The van der Waals surface area contributed by atoms with Crippen LogP contribution in [-0.4, -0.2) is 50.1 Å². The molecule has 5 heteroatoms. The van der Waals surface area contributed by atoms with E-state index in [1.807, 2.05) is 18.2 Å². The summed E-state index contributed by atoms with van der Waals surface area (Å²) < 4.78 is 5.89. The van der Waals surface area contributed by atoms with Gasteiger partial charge >= 0.3 is 0 Å². The first-order valence-corrected chi connectivity index (χ1v) is 10.3. The molecule has 28 heavy (non-hydrogen) atoms. The predicted octanol–water partition coefficient (Wildman–Crippen LogP) is 3.33. The fraction of sp³-hybridized carbons (Fsp3) is 0.435. The zero-order valence-electron chi connectivity index (χ0n) is 16.6. The molecule has 0 aromatic heterocycles. The van der Waals surface area contributed by atoms with E-state index in [9.17, 15) is 4.79 Å². The fourth-order valence-electron chi connectivity index (χ4n) is 3.95. The van der Waals surface area contributed by atoms with Crippen molar-refractivity contribution in [2.45, 2.75) is 26.2 Å². The molecule has 5 nitrogen and oxygen atoms in total. The van der Waals surface area contributed by atoms with E-state index in [-0.39, 0.29) is 5.91 Å². The molecule has 0 spiro atoms. The molecule has 0 bridgehead atoms. The van der Waals surface area contributed by atoms with Crippen molar-refractivity contribution in [2.24, 2.45) is 0 Å². The number of nitrogens with zero attached hydrogens (tertiary/aromatic N) is 2. The van der Waals surface area contributed by atoms with Crippen LogP contribution in [-0.2, 0) is 17.6 Å². The number of piperazine rings is 1. The van der Waals surface area contributed by atoms with Gasteiger partial charge in [-0.1, -0.05) is 19.1 Å². The van der Waals surface area contributed by atoms with Gasteiger partial charge in [0.25, 0.3) is 0 Å². The van der Waals surface area contributed by atoms with Crippen molar-refractivity contribution >= 4 is 17.3 Å². The van der Waals surface area contributed by atoms with Gasteiger partial charge in [-0.25, -0.2) is 0 Å². The maximum absolute atomic E-state index is 11.4. The first-order chi connectivity index (χ1) is 13.7. The quantitative estimate of drug-likeness (QED) is 0.750. The van der Waals surface area contributed by atoms with Gasteiger partial charge in [0.05, 0.1) is 13.0 Å². The van der Waals surface area contributed by atoms with E-state index in [1.165, 1.54) is 11.3 Å². The van der Waals surface area contributed by atoms with Crippen molar-refractivity contribution in [3.05, 3.63) is 53.6 Å². The zero-order valence-corrected chi connectivity index (χ0v) is 16.6. The smallest absolute Gasteiger partial charge is 0.228 e. The van der Waals surface area contributed by atoms with Crippen LogP contribution in [0.5, 0.6) is 5.75 Å². The highest BCUT2D eigenvalue weighted by molar-refractivity contribution is 5.99. The lowest BCUT2D eigenvalue weighted by atomic mass is 10.1. The van der Waals surface area contributed by atoms with Crippen LogP contribution < -0.4 is 15.0 Å². The Bertz CT molecular complexity index is 811. The summed E-state index contributed by atoms with van der Waals surface area (Å²) in [6.45, 7) is 8.33. The highest BCUT2D eigenvalue weighted by atomic mass is 16.5. The van der Waals surface area contributed by atoms with Crippen molar-refractivity contribution < 1.29 is 9.53 Å². The molecule has 2 aromatic rings. The molecule has 0 unspecified atom stereocenters. The molecule has 1 amide bonds. The first-order valence-electron chi connectivity index (χ1n) is 10.3. The average Bonchev–Trinajstić information content (AvgIpc) is 3.11. The van der Waals surface area contributed by atoms with Gasteiger partial charge in [-0.3, -0.25) is 9.69 Å². The molecule has 2 aromatic carbocycles. The number of ether oxygens (including phenoxy) is 1. The molecule has 0 saturated carbocycles. The molecule has 0 aliphatic carbocycles. The lowest BCUT2D eigenvalue weighted by molar-refractivity contribution is -0.115. The normalized spacial score (nSPS) is 16.8. The van der Waals surface area contributed by atoms with E-state index in [4.69, 9.17) is 4.74 Å². The Balaban J connectivity index is 1.17. The van der Waals surface area contributed by atoms with E-state index in [0.29, 0.717) is 13.0 Å². The molecule has 1 fully saturated rings. The maximum atomic E-state index is 11.4. The third kappa shape index (κ3) is 4.47. The molecule has 1 N–H and O–H groups in total. The Labute approximate surface area is 167 Å². The van der Waals surface area contributed by atoms with Crippen LogP contribution >= 0.6 is 0 Å². The molecule has 2 aliphatic rings. The Morgan fingerprint density at radius 1 is 1.04 bits per heavy atom. The Morgan fingerprint density at radius 2 is 1.82 bits per heavy atom. The van der Waals surface area contributed by atoms with Gasteiger partial charge in [0.15, 0.2) is 0 Å². The summed E-state index contributed by atoms with van der Waals surface area (Å²) in [5.41, 5.74) is 4.68. The number of benzene rings is 2. The van der Waals surface area contributed by atoms with Gasteiger partial charge in [0, 0.05) is 44.1 Å². The Hall–Kier alpha value is -2.53. The standard InChI is InChI=1S/C23H29N3O2/c1-2-18-4-6-20(7-5-18)26-13-11-25(12-14-26)10-3-15-28-21-8-9-22-19(16-21)17-23(27)24-22/h4-9,16H,2-3,10-15,17H2,1H3,(H,24,27). The van der Waals surface area contributed by atoms with Crippen molar-refractivity contribution in [3.8, 4) is 5.75 Å². The Kier molecular flexibility index (Phi) is 5.81. The number of rotatable bonds is 7. The maximum Gasteiger partial charge on any atom is 0.228 e. The second kappa shape index (κ2) is 8.65. The molecule has 0 radical (unpaired) electrons. The molecular formula is C23H29N3O2. The van der Waals surface area contributed by atoms with E-state index >= 15 is 0 Å². The SMILES string of the molecule is CCc1ccc(N2CCN(CCCOc3ccc4c(c3)CC(=O)N4)CC2)cc1. The number of carbonyl (C=O) groups excluding carboxylic acids is 1. The molecule has 1 saturated heterocycles. The van der Waals surface area contributed by atoms with Gasteiger partial charge in [-0.15, -0.1) is 0 Å². The summed E-state index contributed by atoms with van der Waals surface area (Å²) in [6.07, 6.45) is 2.56. The Morgan fingerprint density at radius 3 is 2.57 bits per heavy atom. The molecular weight excluding hydrogens is 350 g/mol. The van der Waals surface area contributed by atoms with Crippen LogP contribution in [0.15, 0.2) is 42.5 Å². The minimum atomic E-state index is 0.0626. The number of hydrogen-bond donors (Lipinski definition) is 1. The first kappa shape index (κ1) is 18.8. The third-order valence-electron chi connectivity index (χ3n) is 5.67. The molecule has 2 heterocycles. The number of anilines is 2. The van der Waals surface area contributed by atoms with E-state index in [1.54, 1.807) is 0 Å². The van der Waals surface area contributed by atoms with Crippen LogP contribution in [0.2, 0.25) is 0 Å². The molecule has 0 atom stereocenters. The lowest BCUT2D eigenvalue weighted by Crippen LogP contribution is -2.46. The third-order valence-corrected chi connectivity index (χ3v) is 5.67. The van der Waals surface area contributed by atoms with Gasteiger partial charge in [0.2, 0.25) is 5.91 Å². The van der Waals surface area contributed by atoms with Crippen LogP contribution in [0.4, 0.5) is 11.4 Å². The number of hydrogen-bond acceptors (Lipinski definition) is 4. The number of fused-ring (bicyclic) bond motifs is 1. The average molecular weight is 380 g/mol. The number of amides is 1. The lowest BCUT2D eigenvalue weighted by Gasteiger charge is -2.36. The zero-order chi connectivity index (χ0) is 19.3. The van der Waals surface area contributed by atoms with Crippen LogP contribution in [0.1, 0.15) is 24.5 Å². The highest BCUT2D eigenvalue weighted by Crippen LogP contribution is 2.27. The number of aryl methyl sites for hydroxylation is 1. The van der Waals surface area contributed by atoms with E-state index in [0.717, 1.165) is 62.6 Å². The van der Waals surface area contributed by atoms with Crippen LogP contribution in [0.25, 0.3) is 0 Å². The summed E-state index contributed by atoms with van der Waals surface area (Å²) in [5.74, 6) is 0.920. The van der Waals surface area contributed by atoms with Crippen molar-refractivity contribution in [3.63, 3.8) is 0 Å². The van der Waals surface area contributed by atoms with Crippen molar-refractivity contribution in [2.75, 3.05) is 49.5 Å². The topological polar surface area (TPSA) is 44.8 Å². The molecule has 2 aliphatic heterocycles. The second-order valence-corrected chi connectivity index (χ2v) is 7.59. The molecule has 4 rings (SSSR count). The van der Waals surface area contributed by atoms with E-state index in [2.05, 4.69) is 46.3 Å². The fourth-order valence-corrected chi connectivity index (χ4v) is 3.95. The number of carbonyl (C=O) groups is 1. The predicted molar refractivity (Wildman–Crippen MR) is 113 cm³/mol.